The van der Waals surface area contributed by atoms with Crippen LogP contribution in [-0.2, 0) is 0 Å². The Balaban J connectivity index is 2.04. The van der Waals surface area contributed by atoms with Crippen molar-refractivity contribution in [2.75, 3.05) is 21.3 Å². The second-order valence-corrected chi connectivity index (χ2v) is 10.1. The van der Waals surface area contributed by atoms with Gasteiger partial charge < -0.3 is 0 Å². The molecule has 0 aliphatic rings. The molecule has 0 aliphatic carbocycles. The zero-order valence-corrected chi connectivity index (χ0v) is 16.5. The van der Waals surface area contributed by atoms with Gasteiger partial charge in [0.05, 0.1) is 0 Å². The van der Waals surface area contributed by atoms with Gasteiger partial charge in [0, 0.05) is 0 Å². The van der Waals surface area contributed by atoms with Gasteiger partial charge in [0.2, 0.25) is 0 Å². The third-order valence-corrected chi connectivity index (χ3v) is 9.12. The fraction of sp³-hybridized carbons (Fsp3) is 0.143. The molecule has 25 heavy (non-hydrogen) atoms. The SMILES string of the molecule is COc1ccc([As](c2ccc(OC)cc2)c2ccc(OC)cc2)cc1. The molecule has 3 rings (SSSR count). The van der Waals surface area contributed by atoms with Crippen molar-refractivity contribution in [3.8, 4) is 17.2 Å². The molecule has 0 N–H and O–H groups in total. The summed E-state index contributed by atoms with van der Waals surface area (Å²) in [5.74, 6) is 2.63. The molecule has 0 amide bonds. The van der Waals surface area contributed by atoms with Gasteiger partial charge in [0.15, 0.2) is 0 Å². The molecule has 0 radical (unpaired) electrons. The summed E-state index contributed by atoms with van der Waals surface area (Å²) in [6, 6.07) is 25.2. The molecule has 0 saturated heterocycles. The van der Waals surface area contributed by atoms with E-state index in [1.165, 1.54) is 13.1 Å². The molecule has 3 aromatic carbocycles. The molecule has 0 spiro atoms. The summed E-state index contributed by atoms with van der Waals surface area (Å²) in [4.78, 5) is 0. The molecule has 3 aromatic rings. The van der Waals surface area contributed by atoms with Crippen molar-refractivity contribution in [1.29, 1.82) is 0 Å². The van der Waals surface area contributed by atoms with Crippen LogP contribution in [0.5, 0.6) is 17.2 Å². The number of ether oxygens (including phenoxy) is 3. The molecular formula is C21H21AsO3. The fourth-order valence-electron chi connectivity index (χ4n) is 2.64. The molecule has 0 bridgehead atoms. The van der Waals surface area contributed by atoms with Crippen molar-refractivity contribution in [1.82, 2.24) is 0 Å². The van der Waals surface area contributed by atoms with E-state index in [1.54, 1.807) is 21.3 Å². The standard InChI is InChI=1S/C21H21AsO3/c1-23-19-10-4-16(5-11-19)22(17-6-12-20(24-2)13-7-17)18-8-14-21(25-3)15-9-18/h4-15H,1-3H3. The van der Waals surface area contributed by atoms with E-state index in [0.29, 0.717) is 0 Å². The van der Waals surface area contributed by atoms with E-state index in [2.05, 4.69) is 36.4 Å². The number of benzene rings is 3. The minimum atomic E-state index is -1.66. The van der Waals surface area contributed by atoms with Gasteiger partial charge in [-0.3, -0.25) is 0 Å². The summed E-state index contributed by atoms with van der Waals surface area (Å²) in [5, 5.41) is 0. The Kier molecular flexibility index (Phi) is 5.67. The summed E-state index contributed by atoms with van der Waals surface area (Å²) in [7, 11) is 5.08. The first kappa shape index (κ1) is 17.4. The van der Waals surface area contributed by atoms with Gasteiger partial charge in [-0.25, -0.2) is 0 Å². The Bertz CT molecular complexity index is 683. The van der Waals surface area contributed by atoms with Crippen LogP contribution >= 0.6 is 0 Å². The van der Waals surface area contributed by atoms with Crippen LogP contribution in [-0.4, -0.2) is 36.0 Å². The summed E-state index contributed by atoms with van der Waals surface area (Å²) < 4.78 is 20.0. The van der Waals surface area contributed by atoms with Crippen molar-refractivity contribution in [2.24, 2.45) is 0 Å². The summed E-state index contributed by atoms with van der Waals surface area (Å²) in [6.07, 6.45) is 0. The van der Waals surface area contributed by atoms with Crippen LogP contribution in [0.3, 0.4) is 0 Å². The average molecular weight is 396 g/mol. The first-order valence-electron chi connectivity index (χ1n) is 7.97. The van der Waals surface area contributed by atoms with Crippen LogP contribution in [0.4, 0.5) is 0 Å². The van der Waals surface area contributed by atoms with E-state index in [1.807, 2.05) is 36.4 Å². The molecule has 4 heteroatoms. The fourth-order valence-corrected chi connectivity index (χ4v) is 7.33. The number of rotatable bonds is 6. The average Bonchev–Trinajstić information content (AvgIpc) is 2.70. The Hall–Kier alpha value is -2.38. The Morgan fingerprint density at radius 1 is 0.440 bits per heavy atom. The zero-order chi connectivity index (χ0) is 17.6. The van der Waals surface area contributed by atoms with E-state index >= 15 is 0 Å². The first-order chi connectivity index (χ1) is 12.2. The topological polar surface area (TPSA) is 27.7 Å². The van der Waals surface area contributed by atoms with Crippen LogP contribution in [0.25, 0.3) is 0 Å². The molecule has 3 nitrogen and oxygen atoms in total. The summed E-state index contributed by atoms with van der Waals surface area (Å²) in [5.41, 5.74) is 0. The molecule has 0 atom stereocenters. The van der Waals surface area contributed by atoms with Crippen molar-refractivity contribution < 1.29 is 14.2 Å². The molecule has 0 aromatic heterocycles. The van der Waals surface area contributed by atoms with Gasteiger partial charge in [-0.05, 0) is 0 Å². The predicted molar refractivity (Wildman–Crippen MR) is 104 cm³/mol. The third-order valence-electron chi connectivity index (χ3n) is 3.99. The number of hydrogen-bond acceptors (Lipinski definition) is 3. The maximum atomic E-state index is 5.30. The van der Waals surface area contributed by atoms with E-state index in [4.69, 9.17) is 14.2 Å². The molecular weight excluding hydrogens is 375 g/mol. The van der Waals surface area contributed by atoms with Gasteiger partial charge in [0.25, 0.3) is 0 Å². The van der Waals surface area contributed by atoms with Gasteiger partial charge in [0.1, 0.15) is 0 Å². The number of methoxy groups -OCH3 is 3. The van der Waals surface area contributed by atoms with Gasteiger partial charge in [-0.1, -0.05) is 0 Å². The van der Waals surface area contributed by atoms with E-state index in [9.17, 15) is 0 Å². The second-order valence-electron chi connectivity index (χ2n) is 5.43. The van der Waals surface area contributed by atoms with Crippen LogP contribution in [0, 0.1) is 0 Å². The molecule has 0 heterocycles. The van der Waals surface area contributed by atoms with Gasteiger partial charge >= 0.3 is 153 Å². The van der Waals surface area contributed by atoms with Crippen molar-refractivity contribution >= 4 is 27.7 Å². The van der Waals surface area contributed by atoms with Crippen molar-refractivity contribution in [2.45, 2.75) is 0 Å². The third kappa shape index (κ3) is 4.00. The monoisotopic (exact) mass is 396 g/mol. The first-order valence-corrected chi connectivity index (χ1v) is 10.8. The zero-order valence-electron chi connectivity index (χ0n) is 14.6. The van der Waals surface area contributed by atoms with E-state index in [0.717, 1.165) is 17.2 Å². The minimum absolute atomic E-state index is 0.877. The summed E-state index contributed by atoms with van der Waals surface area (Å²) in [6.45, 7) is 0. The van der Waals surface area contributed by atoms with Crippen LogP contribution in [0.1, 0.15) is 0 Å². The Morgan fingerprint density at radius 3 is 0.880 bits per heavy atom. The molecule has 0 fully saturated rings. The van der Waals surface area contributed by atoms with E-state index in [-0.39, 0.29) is 0 Å². The maximum absolute atomic E-state index is 5.30. The summed E-state index contributed by atoms with van der Waals surface area (Å²) >= 11 is -1.66. The van der Waals surface area contributed by atoms with E-state index < -0.39 is 14.7 Å². The van der Waals surface area contributed by atoms with Gasteiger partial charge in [-0.15, -0.1) is 0 Å². The number of hydrogen-bond donors (Lipinski definition) is 0. The molecule has 0 saturated carbocycles. The molecule has 128 valence electrons. The van der Waals surface area contributed by atoms with Crippen LogP contribution < -0.4 is 27.3 Å². The van der Waals surface area contributed by atoms with Crippen molar-refractivity contribution in [3.63, 3.8) is 0 Å². The normalized spacial score (nSPS) is 10.6. The Morgan fingerprint density at radius 2 is 0.680 bits per heavy atom. The quantitative estimate of drug-likeness (QED) is 0.599. The van der Waals surface area contributed by atoms with Gasteiger partial charge in [-0.2, -0.15) is 0 Å². The molecule has 0 aliphatic heterocycles. The van der Waals surface area contributed by atoms with Crippen molar-refractivity contribution in [3.05, 3.63) is 72.8 Å². The molecule has 0 unspecified atom stereocenters. The predicted octanol–water partition coefficient (Wildman–Crippen LogP) is 2.23. The van der Waals surface area contributed by atoms with Crippen LogP contribution in [0.15, 0.2) is 72.8 Å². The second kappa shape index (κ2) is 8.13. The van der Waals surface area contributed by atoms with Crippen LogP contribution in [0.2, 0.25) is 0 Å². The Labute approximate surface area is 153 Å².